The van der Waals surface area contributed by atoms with Crippen molar-refractivity contribution in [3.63, 3.8) is 0 Å². The van der Waals surface area contributed by atoms with Gasteiger partial charge in [0.05, 0.1) is 12.6 Å². The number of amides is 3. The molecule has 8 nitrogen and oxygen atoms in total. The van der Waals surface area contributed by atoms with E-state index < -0.39 is 6.04 Å². The second-order valence-electron chi connectivity index (χ2n) is 9.18. The number of H-pyrrole nitrogens is 1. The van der Waals surface area contributed by atoms with Crippen molar-refractivity contribution >= 4 is 40.2 Å². The van der Waals surface area contributed by atoms with Crippen LogP contribution in [0.15, 0.2) is 18.2 Å². The fraction of sp³-hybridized carbons (Fsp3) is 0.542. The molecule has 1 saturated heterocycles. The molecule has 3 atom stereocenters. The molecule has 3 amide bonds. The average molecular weight is 477 g/mol. The van der Waals surface area contributed by atoms with E-state index in [1.165, 1.54) is 0 Å². The first-order chi connectivity index (χ1) is 15.7. The van der Waals surface area contributed by atoms with Gasteiger partial charge in [0.2, 0.25) is 11.8 Å². The zero-order chi connectivity index (χ0) is 24.1. The molecule has 1 aliphatic rings. The Balaban J connectivity index is 1.69. The Hall–Kier alpha value is -2.74. The average Bonchev–Trinajstić information content (AvgIpc) is 3.18. The van der Waals surface area contributed by atoms with Crippen LogP contribution in [-0.2, 0) is 9.59 Å². The van der Waals surface area contributed by atoms with Gasteiger partial charge in [0.25, 0.3) is 5.91 Å². The fourth-order valence-electron chi connectivity index (χ4n) is 4.29. The van der Waals surface area contributed by atoms with E-state index in [2.05, 4.69) is 20.9 Å². The van der Waals surface area contributed by atoms with Gasteiger partial charge in [-0.2, -0.15) is 0 Å². The minimum atomic E-state index is -0.697. The van der Waals surface area contributed by atoms with Gasteiger partial charge in [-0.15, -0.1) is 0 Å². The number of carbonyl (C=O) groups excluding carboxylic acids is 3. The predicted molar refractivity (Wildman–Crippen MR) is 129 cm³/mol. The number of fused-ring (bicyclic) bond motifs is 1. The Morgan fingerprint density at radius 3 is 2.64 bits per heavy atom. The van der Waals surface area contributed by atoms with E-state index in [4.69, 9.17) is 16.3 Å². The van der Waals surface area contributed by atoms with Crippen molar-refractivity contribution in [1.82, 2.24) is 20.9 Å². The molecule has 1 fully saturated rings. The molecule has 0 unspecified atom stereocenters. The number of piperidine rings is 1. The summed E-state index contributed by atoms with van der Waals surface area (Å²) in [5.41, 5.74) is 0.993. The first-order valence-corrected chi connectivity index (χ1v) is 11.8. The smallest absolute Gasteiger partial charge is 0.268 e. The first kappa shape index (κ1) is 24.9. The quantitative estimate of drug-likeness (QED) is 0.444. The minimum Gasteiger partial charge on any atom is -0.496 e. The van der Waals surface area contributed by atoms with E-state index in [0.29, 0.717) is 41.4 Å². The van der Waals surface area contributed by atoms with Crippen molar-refractivity contribution in [2.24, 2.45) is 11.8 Å². The first-order valence-electron chi connectivity index (χ1n) is 11.4. The lowest BCUT2D eigenvalue weighted by atomic mass is 9.92. The topological polar surface area (TPSA) is 112 Å². The standard InChI is InChI=1S/C24H33ClN4O4/c1-13(2)8-19(23(31)27-14(3)9-15-6-5-7-26-22(15)30)29-24(32)20-12-17-18(28-20)10-16(25)11-21(17)33-4/h10-15,19,28H,5-9H2,1-4H3,(H,26,30)(H,27,31)(H,29,32)/t14-,15+,19+/m1/s1. The Morgan fingerprint density at radius 1 is 1.21 bits per heavy atom. The highest BCUT2D eigenvalue weighted by Gasteiger charge is 2.28. The Labute approximate surface area is 199 Å². The second kappa shape index (κ2) is 10.9. The van der Waals surface area contributed by atoms with Crippen LogP contribution < -0.4 is 20.7 Å². The highest BCUT2D eigenvalue weighted by Crippen LogP contribution is 2.30. The summed E-state index contributed by atoms with van der Waals surface area (Å²) >= 11 is 6.12. The minimum absolute atomic E-state index is 0.0451. The fourth-order valence-corrected chi connectivity index (χ4v) is 4.50. The number of aromatic amines is 1. The molecule has 4 N–H and O–H groups in total. The van der Waals surface area contributed by atoms with Gasteiger partial charge in [-0.25, -0.2) is 0 Å². The number of hydrogen-bond donors (Lipinski definition) is 4. The summed E-state index contributed by atoms with van der Waals surface area (Å²) in [7, 11) is 1.54. The van der Waals surface area contributed by atoms with Crippen LogP contribution in [0.2, 0.25) is 5.02 Å². The monoisotopic (exact) mass is 476 g/mol. The summed E-state index contributed by atoms with van der Waals surface area (Å²) in [4.78, 5) is 41.1. The maximum absolute atomic E-state index is 13.0. The summed E-state index contributed by atoms with van der Waals surface area (Å²) in [5.74, 6) is 0.0676. The summed E-state index contributed by atoms with van der Waals surface area (Å²) in [6.45, 7) is 6.60. The van der Waals surface area contributed by atoms with Gasteiger partial charge < -0.3 is 25.7 Å². The number of carbonyl (C=O) groups is 3. The van der Waals surface area contributed by atoms with E-state index in [1.54, 1.807) is 25.3 Å². The van der Waals surface area contributed by atoms with Crippen LogP contribution in [0.4, 0.5) is 0 Å². The van der Waals surface area contributed by atoms with Crippen molar-refractivity contribution in [3.05, 3.63) is 28.9 Å². The van der Waals surface area contributed by atoms with Crippen LogP contribution in [0.3, 0.4) is 0 Å². The maximum atomic E-state index is 13.0. The van der Waals surface area contributed by atoms with Gasteiger partial charge in [-0.3, -0.25) is 14.4 Å². The Kier molecular flexibility index (Phi) is 8.24. The molecule has 0 bridgehead atoms. The molecule has 0 saturated carbocycles. The number of rotatable bonds is 9. The summed E-state index contributed by atoms with van der Waals surface area (Å²) in [5, 5.41) is 9.94. The summed E-state index contributed by atoms with van der Waals surface area (Å²) in [6, 6.07) is 4.21. The van der Waals surface area contributed by atoms with Crippen LogP contribution in [0.25, 0.3) is 10.9 Å². The SMILES string of the molecule is COc1cc(Cl)cc2[nH]c(C(=O)N[C@@H](CC(C)C)C(=O)N[C@H](C)C[C@@H]3CCCNC3=O)cc12. The van der Waals surface area contributed by atoms with E-state index >= 15 is 0 Å². The molecule has 3 rings (SSSR count). The third-order valence-electron chi connectivity index (χ3n) is 5.88. The van der Waals surface area contributed by atoms with Crippen LogP contribution in [0.5, 0.6) is 5.75 Å². The number of aromatic nitrogens is 1. The zero-order valence-corrected chi connectivity index (χ0v) is 20.3. The lowest BCUT2D eigenvalue weighted by molar-refractivity contribution is -0.128. The Morgan fingerprint density at radius 2 is 1.97 bits per heavy atom. The van der Waals surface area contributed by atoms with Gasteiger partial charge in [0.15, 0.2) is 0 Å². The number of halogens is 1. The van der Waals surface area contributed by atoms with E-state index in [-0.39, 0.29) is 35.6 Å². The number of nitrogens with one attached hydrogen (secondary N) is 4. The van der Waals surface area contributed by atoms with E-state index in [9.17, 15) is 14.4 Å². The van der Waals surface area contributed by atoms with Crippen LogP contribution in [0, 0.1) is 11.8 Å². The zero-order valence-electron chi connectivity index (χ0n) is 19.6. The normalized spacial score (nSPS) is 18.0. The molecular weight excluding hydrogens is 444 g/mol. The van der Waals surface area contributed by atoms with Crippen LogP contribution >= 0.6 is 11.6 Å². The third kappa shape index (κ3) is 6.41. The number of hydrogen-bond acceptors (Lipinski definition) is 4. The second-order valence-corrected chi connectivity index (χ2v) is 9.62. The largest absolute Gasteiger partial charge is 0.496 e. The van der Waals surface area contributed by atoms with E-state index in [0.717, 1.165) is 18.2 Å². The molecule has 0 aliphatic carbocycles. The third-order valence-corrected chi connectivity index (χ3v) is 6.10. The van der Waals surface area contributed by atoms with Crippen molar-refractivity contribution in [3.8, 4) is 5.75 Å². The molecule has 33 heavy (non-hydrogen) atoms. The molecule has 0 radical (unpaired) electrons. The van der Waals surface area contributed by atoms with E-state index in [1.807, 2.05) is 20.8 Å². The molecule has 1 aliphatic heterocycles. The summed E-state index contributed by atoms with van der Waals surface area (Å²) < 4.78 is 5.36. The van der Waals surface area contributed by atoms with Gasteiger partial charge in [0, 0.05) is 28.9 Å². The molecular formula is C24H33ClN4O4. The van der Waals surface area contributed by atoms with Crippen LogP contribution in [-0.4, -0.2) is 48.4 Å². The molecule has 0 spiro atoms. The molecule has 2 heterocycles. The number of ether oxygens (including phenoxy) is 1. The molecule has 9 heteroatoms. The maximum Gasteiger partial charge on any atom is 0.268 e. The highest BCUT2D eigenvalue weighted by molar-refractivity contribution is 6.31. The molecule has 1 aromatic heterocycles. The number of benzene rings is 1. The summed E-state index contributed by atoms with van der Waals surface area (Å²) in [6.07, 6.45) is 2.84. The lowest BCUT2D eigenvalue weighted by Crippen LogP contribution is -2.50. The predicted octanol–water partition coefficient (Wildman–Crippen LogP) is 3.40. The molecule has 180 valence electrons. The highest BCUT2D eigenvalue weighted by atomic mass is 35.5. The van der Waals surface area contributed by atoms with Gasteiger partial charge >= 0.3 is 0 Å². The van der Waals surface area contributed by atoms with Crippen molar-refractivity contribution in [2.75, 3.05) is 13.7 Å². The Bertz CT molecular complexity index is 1020. The van der Waals surface area contributed by atoms with Crippen molar-refractivity contribution < 1.29 is 19.1 Å². The van der Waals surface area contributed by atoms with Gasteiger partial charge in [-0.1, -0.05) is 25.4 Å². The molecule has 2 aromatic rings. The van der Waals surface area contributed by atoms with Gasteiger partial charge in [0.1, 0.15) is 17.5 Å². The molecule has 1 aromatic carbocycles. The van der Waals surface area contributed by atoms with Crippen molar-refractivity contribution in [2.45, 2.75) is 58.5 Å². The lowest BCUT2D eigenvalue weighted by Gasteiger charge is -2.27. The van der Waals surface area contributed by atoms with Crippen LogP contribution in [0.1, 0.15) is 56.9 Å². The number of methoxy groups -OCH3 is 1. The van der Waals surface area contributed by atoms with Crippen molar-refractivity contribution in [1.29, 1.82) is 0 Å². The van der Waals surface area contributed by atoms with Gasteiger partial charge in [-0.05, 0) is 56.7 Å².